The summed E-state index contributed by atoms with van der Waals surface area (Å²) in [5.74, 6) is -0.688. The zero-order valence-corrected chi connectivity index (χ0v) is 18.3. The molecule has 2 aromatic heterocycles. The van der Waals surface area contributed by atoms with Crippen molar-refractivity contribution in [2.45, 2.75) is 45.8 Å². The summed E-state index contributed by atoms with van der Waals surface area (Å²) < 4.78 is 41.9. The predicted molar refractivity (Wildman–Crippen MR) is 107 cm³/mol. The number of halogens is 4. The third-order valence-electron chi connectivity index (χ3n) is 4.86. The molecule has 7 nitrogen and oxygen atoms in total. The van der Waals surface area contributed by atoms with Gasteiger partial charge in [0, 0.05) is 10.7 Å². The van der Waals surface area contributed by atoms with Gasteiger partial charge in [-0.2, -0.15) is 23.4 Å². The van der Waals surface area contributed by atoms with Crippen LogP contribution in [-0.2, 0) is 12.0 Å². The third kappa shape index (κ3) is 4.11. The van der Waals surface area contributed by atoms with Gasteiger partial charge in [-0.3, -0.25) is 9.89 Å². The lowest BCUT2D eigenvalue weighted by atomic mass is 9.92. The Balaban J connectivity index is 1.70. The molecule has 2 heterocycles. The minimum Gasteiger partial charge on any atom is -0.345 e. The molecule has 0 saturated carbocycles. The van der Waals surface area contributed by atoms with E-state index in [0.717, 1.165) is 35.1 Å². The topological polar surface area (TPSA) is 88.5 Å². The van der Waals surface area contributed by atoms with Crippen molar-refractivity contribution in [1.29, 1.82) is 0 Å². The molecule has 0 bridgehead atoms. The van der Waals surface area contributed by atoms with E-state index in [1.54, 1.807) is 10.9 Å². The number of aryl methyl sites for hydroxylation is 1. The normalized spacial score (nSPS) is 12.3. The molecule has 3 aromatic rings. The molecular weight excluding hydrogens is 465 g/mol. The fourth-order valence-corrected chi connectivity index (χ4v) is 3.01. The van der Waals surface area contributed by atoms with Crippen LogP contribution in [-0.4, -0.2) is 37.0 Å². The molecule has 0 atom stereocenters. The quantitative estimate of drug-likeness (QED) is 0.569. The summed E-state index contributed by atoms with van der Waals surface area (Å²) in [6.45, 7) is 5.82. The summed E-state index contributed by atoms with van der Waals surface area (Å²) in [7, 11) is 0. The smallest absolute Gasteiger partial charge is 0.345 e. The molecule has 0 fully saturated rings. The third-order valence-corrected chi connectivity index (χ3v) is 6.08. The first-order valence-electron chi connectivity index (χ1n) is 8.99. The molecule has 0 aliphatic rings. The fourth-order valence-electron chi connectivity index (χ4n) is 2.68. The highest BCUT2D eigenvalue weighted by molar-refractivity contribution is 9.10. The van der Waals surface area contributed by atoms with Gasteiger partial charge in [-0.05, 0) is 44.9 Å². The Labute approximate surface area is 179 Å². The van der Waals surface area contributed by atoms with Crippen molar-refractivity contribution in [2.75, 3.05) is 0 Å². The zero-order chi connectivity index (χ0) is 22.3. The molecule has 0 unspecified atom stereocenters. The van der Waals surface area contributed by atoms with Crippen molar-refractivity contribution >= 4 is 21.8 Å². The highest BCUT2D eigenvalue weighted by atomic mass is 79.9. The Bertz CT molecular complexity index is 1090. The van der Waals surface area contributed by atoms with Crippen LogP contribution < -0.4 is 5.32 Å². The highest BCUT2D eigenvalue weighted by Crippen LogP contribution is 2.38. The van der Waals surface area contributed by atoms with Gasteiger partial charge in [-0.1, -0.05) is 22.0 Å². The maximum Gasteiger partial charge on any atom is 0.401 e. The predicted octanol–water partition coefficient (Wildman–Crippen LogP) is 4.14. The lowest BCUT2D eigenvalue weighted by Gasteiger charge is -2.24. The van der Waals surface area contributed by atoms with E-state index in [-0.39, 0.29) is 18.2 Å². The first-order chi connectivity index (χ1) is 13.9. The van der Waals surface area contributed by atoms with Crippen LogP contribution >= 0.6 is 15.9 Å². The van der Waals surface area contributed by atoms with Gasteiger partial charge in [-0.15, -0.1) is 0 Å². The van der Waals surface area contributed by atoms with Crippen LogP contribution in [0.2, 0.25) is 0 Å². The van der Waals surface area contributed by atoms with Gasteiger partial charge >= 0.3 is 6.18 Å². The molecule has 160 valence electrons. The van der Waals surface area contributed by atoms with E-state index >= 15 is 0 Å². The van der Waals surface area contributed by atoms with Crippen molar-refractivity contribution in [1.82, 2.24) is 30.3 Å². The molecule has 0 aliphatic carbocycles. The number of rotatable bonds is 5. The summed E-state index contributed by atoms with van der Waals surface area (Å²) in [4.78, 5) is 16.3. The van der Waals surface area contributed by atoms with E-state index in [2.05, 4.69) is 41.5 Å². The SMILES string of the molecule is Cc1ccc(-n2cc(C(=O)NCc3nc(C(C)(C)C(F)(F)F)n[nH]3)cn2)c(C)c1Br. The maximum absolute atomic E-state index is 13.1. The first-order valence-corrected chi connectivity index (χ1v) is 9.78. The first kappa shape index (κ1) is 22.0. The molecule has 2 N–H and O–H groups in total. The fraction of sp³-hybridized carbons (Fsp3) is 0.368. The van der Waals surface area contributed by atoms with E-state index < -0.39 is 17.5 Å². The number of nitrogens with zero attached hydrogens (tertiary/aromatic N) is 4. The van der Waals surface area contributed by atoms with E-state index in [4.69, 9.17) is 0 Å². The molecule has 0 saturated heterocycles. The number of hydrogen-bond donors (Lipinski definition) is 2. The molecule has 11 heteroatoms. The summed E-state index contributed by atoms with van der Waals surface area (Å²) in [6, 6.07) is 3.85. The van der Waals surface area contributed by atoms with E-state index in [9.17, 15) is 18.0 Å². The summed E-state index contributed by atoms with van der Waals surface area (Å²) in [5, 5.41) is 12.9. The summed E-state index contributed by atoms with van der Waals surface area (Å²) >= 11 is 3.53. The Morgan fingerprint density at radius 2 is 1.97 bits per heavy atom. The van der Waals surface area contributed by atoms with Gasteiger partial charge in [-0.25, -0.2) is 9.67 Å². The lowest BCUT2D eigenvalue weighted by Crippen LogP contribution is -2.37. The number of alkyl halides is 3. The van der Waals surface area contributed by atoms with Crippen LogP contribution in [0.15, 0.2) is 29.0 Å². The number of carbonyl (C=O) groups excluding carboxylic acids is 1. The van der Waals surface area contributed by atoms with Crippen molar-refractivity contribution in [3.63, 3.8) is 0 Å². The van der Waals surface area contributed by atoms with E-state index in [1.807, 2.05) is 26.0 Å². The minimum atomic E-state index is -4.49. The van der Waals surface area contributed by atoms with Gasteiger partial charge in [0.05, 0.1) is 24.0 Å². The average Bonchev–Trinajstić information content (AvgIpc) is 3.33. The Morgan fingerprint density at radius 1 is 1.27 bits per heavy atom. The van der Waals surface area contributed by atoms with Gasteiger partial charge in [0.1, 0.15) is 11.2 Å². The molecular formula is C19H20BrF3N6O. The number of H-pyrrole nitrogens is 1. The second-order valence-corrected chi connectivity index (χ2v) is 8.22. The van der Waals surface area contributed by atoms with Gasteiger partial charge < -0.3 is 5.32 Å². The number of nitrogens with one attached hydrogen (secondary N) is 2. The number of carbonyl (C=O) groups is 1. The second kappa shape index (κ2) is 7.86. The molecule has 0 radical (unpaired) electrons. The molecule has 1 amide bonds. The molecule has 0 aliphatic heterocycles. The zero-order valence-electron chi connectivity index (χ0n) is 16.7. The average molecular weight is 485 g/mol. The number of aromatic amines is 1. The van der Waals surface area contributed by atoms with Crippen molar-refractivity contribution in [3.8, 4) is 5.69 Å². The van der Waals surface area contributed by atoms with Crippen LogP contribution in [0.4, 0.5) is 13.2 Å². The van der Waals surface area contributed by atoms with Crippen molar-refractivity contribution in [2.24, 2.45) is 0 Å². The maximum atomic E-state index is 13.1. The van der Waals surface area contributed by atoms with E-state index in [0.29, 0.717) is 5.56 Å². The summed E-state index contributed by atoms with van der Waals surface area (Å²) in [6.07, 6.45) is -1.49. The van der Waals surface area contributed by atoms with Crippen LogP contribution in [0.1, 0.15) is 47.0 Å². The van der Waals surface area contributed by atoms with E-state index in [1.165, 1.54) is 6.20 Å². The number of aromatic nitrogens is 5. The molecule has 1 aromatic carbocycles. The van der Waals surface area contributed by atoms with Crippen LogP contribution in [0.5, 0.6) is 0 Å². The number of benzene rings is 1. The summed E-state index contributed by atoms with van der Waals surface area (Å²) in [5.41, 5.74) is 0.989. The number of hydrogen-bond acceptors (Lipinski definition) is 4. The van der Waals surface area contributed by atoms with Crippen LogP contribution in [0.3, 0.4) is 0 Å². The van der Waals surface area contributed by atoms with Crippen LogP contribution in [0, 0.1) is 13.8 Å². The van der Waals surface area contributed by atoms with Gasteiger partial charge in [0.15, 0.2) is 5.82 Å². The van der Waals surface area contributed by atoms with Crippen molar-refractivity contribution < 1.29 is 18.0 Å². The molecule has 0 spiro atoms. The molecule has 30 heavy (non-hydrogen) atoms. The standard InChI is InChI=1S/C19H20BrF3N6O/c1-10-5-6-13(11(2)15(10)20)29-9-12(7-25-29)16(30)24-8-14-26-17(28-27-14)18(3,4)19(21,22)23/h5-7,9H,8H2,1-4H3,(H,24,30)(H,26,27,28). The monoisotopic (exact) mass is 484 g/mol. The van der Waals surface area contributed by atoms with Gasteiger partial charge in [0.2, 0.25) is 0 Å². The lowest BCUT2D eigenvalue weighted by molar-refractivity contribution is -0.182. The second-order valence-electron chi connectivity index (χ2n) is 7.43. The minimum absolute atomic E-state index is 0.0972. The molecule has 3 rings (SSSR count). The number of amides is 1. The highest BCUT2D eigenvalue weighted by Gasteiger charge is 2.51. The van der Waals surface area contributed by atoms with Gasteiger partial charge in [0.25, 0.3) is 5.91 Å². The Morgan fingerprint density at radius 3 is 2.63 bits per heavy atom. The van der Waals surface area contributed by atoms with Crippen LogP contribution in [0.25, 0.3) is 5.69 Å². The Kier molecular flexibility index (Phi) is 5.76. The Hall–Kier alpha value is -2.69. The van der Waals surface area contributed by atoms with Crippen molar-refractivity contribution in [3.05, 3.63) is 57.3 Å². The largest absolute Gasteiger partial charge is 0.401 e.